The van der Waals surface area contributed by atoms with E-state index in [9.17, 15) is 14.0 Å². The highest BCUT2D eigenvalue weighted by Gasteiger charge is 2.28. The second-order valence-corrected chi connectivity index (χ2v) is 4.43. The zero-order valence-corrected chi connectivity index (χ0v) is 10.4. The lowest BCUT2D eigenvalue weighted by atomic mass is 10.3. The molecule has 3 amide bonds. The molecule has 6 heteroatoms. The lowest BCUT2D eigenvalue weighted by Gasteiger charge is -2.08. The predicted molar refractivity (Wildman–Crippen MR) is 69.2 cm³/mol. The van der Waals surface area contributed by atoms with Crippen LogP contribution in [0.2, 0.25) is 0 Å². The molecule has 3 N–H and O–H groups in total. The predicted octanol–water partition coefficient (Wildman–Crippen LogP) is 1.47. The van der Waals surface area contributed by atoms with Crippen LogP contribution in [0.1, 0.15) is 12.8 Å². The maximum atomic E-state index is 13.2. The summed E-state index contributed by atoms with van der Waals surface area (Å²) < 4.78 is 13.2. The molecule has 1 aromatic carbocycles. The molecule has 1 saturated carbocycles. The molecule has 0 aliphatic heterocycles. The molecule has 0 bridgehead atoms. The molecule has 0 atom stereocenters. The Morgan fingerprint density at radius 3 is 2.53 bits per heavy atom. The van der Waals surface area contributed by atoms with Crippen molar-refractivity contribution in [3.63, 3.8) is 0 Å². The number of carbonyl (C=O) groups excluding carboxylic acids is 2. The number of nitrogens with one attached hydrogen (secondary N) is 3. The Morgan fingerprint density at radius 1 is 1.16 bits per heavy atom. The van der Waals surface area contributed by atoms with Crippen LogP contribution >= 0.6 is 0 Å². The van der Waals surface area contributed by atoms with Crippen molar-refractivity contribution in [2.75, 3.05) is 18.4 Å². The van der Waals surface area contributed by atoms with Crippen LogP contribution in [-0.4, -0.2) is 25.0 Å². The SMILES string of the molecule is O=C(NCCNC(=O)C1CC1)Nc1ccccc1F. The quantitative estimate of drug-likeness (QED) is 0.706. The van der Waals surface area contributed by atoms with Gasteiger partial charge in [-0.2, -0.15) is 0 Å². The Bertz CT molecular complexity index is 475. The number of amides is 3. The second kappa shape index (κ2) is 6.17. The minimum atomic E-state index is -0.495. The summed E-state index contributed by atoms with van der Waals surface area (Å²) in [6, 6.07) is 5.43. The summed E-state index contributed by atoms with van der Waals surface area (Å²) in [5.41, 5.74) is 0.127. The van der Waals surface area contributed by atoms with Gasteiger partial charge in [0, 0.05) is 19.0 Å². The summed E-state index contributed by atoms with van der Waals surface area (Å²) >= 11 is 0. The highest BCUT2D eigenvalue weighted by molar-refractivity contribution is 5.89. The number of halogens is 1. The van der Waals surface area contributed by atoms with Crippen molar-refractivity contribution in [2.45, 2.75) is 12.8 Å². The maximum absolute atomic E-state index is 13.2. The number of para-hydroxylation sites is 1. The molecule has 1 aromatic rings. The molecule has 1 fully saturated rings. The van der Waals surface area contributed by atoms with Gasteiger partial charge in [0.15, 0.2) is 0 Å². The molecule has 0 saturated heterocycles. The number of hydrogen-bond acceptors (Lipinski definition) is 2. The second-order valence-electron chi connectivity index (χ2n) is 4.43. The fourth-order valence-corrected chi connectivity index (χ4v) is 1.58. The molecule has 1 aliphatic carbocycles. The molecule has 0 radical (unpaired) electrons. The normalized spacial score (nSPS) is 13.7. The van der Waals surface area contributed by atoms with Gasteiger partial charge in [-0.25, -0.2) is 9.18 Å². The molecular formula is C13H16FN3O2. The van der Waals surface area contributed by atoms with Crippen LogP contribution in [0.5, 0.6) is 0 Å². The van der Waals surface area contributed by atoms with E-state index >= 15 is 0 Å². The Balaban J connectivity index is 1.64. The average molecular weight is 265 g/mol. The van der Waals surface area contributed by atoms with Gasteiger partial charge >= 0.3 is 6.03 Å². The maximum Gasteiger partial charge on any atom is 0.319 e. The fourth-order valence-electron chi connectivity index (χ4n) is 1.58. The van der Waals surface area contributed by atoms with Gasteiger partial charge in [0.25, 0.3) is 0 Å². The number of anilines is 1. The molecule has 2 rings (SSSR count). The Labute approximate surface area is 110 Å². The van der Waals surface area contributed by atoms with Crippen molar-refractivity contribution in [3.05, 3.63) is 30.1 Å². The number of carbonyl (C=O) groups is 2. The van der Waals surface area contributed by atoms with E-state index in [1.54, 1.807) is 12.1 Å². The first kappa shape index (κ1) is 13.3. The highest BCUT2D eigenvalue weighted by atomic mass is 19.1. The zero-order chi connectivity index (χ0) is 13.7. The van der Waals surface area contributed by atoms with E-state index in [1.807, 2.05) is 0 Å². The van der Waals surface area contributed by atoms with Crippen LogP contribution in [0.15, 0.2) is 24.3 Å². The number of benzene rings is 1. The molecule has 1 aliphatic rings. The third kappa shape index (κ3) is 4.24. The minimum Gasteiger partial charge on any atom is -0.354 e. The molecule has 19 heavy (non-hydrogen) atoms. The number of hydrogen-bond donors (Lipinski definition) is 3. The van der Waals surface area contributed by atoms with E-state index in [2.05, 4.69) is 16.0 Å². The van der Waals surface area contributed by atoms with Crippen molar-refractivity contribution >= 4 is 17.6 Å². The molecule has 0 heterocycles. The van der Waals surface area contributed by atoms with Crippen LogP contribution in [0.4, 0.5) is 14.9 Å². The minimum absolute atomic E-state index is 0.0383. The Hall–Kier alpha value is -2.11. The molecule has 0 unspecified atom stereocenters. The van der Waals surface area contributed by atoms with Gasteiger partial charge in [0.1, 0.15) is 5.82 Å². The van der Waals surface area contributed by atoms with E-state index in [0.717, 1.165) is 12.8 Å². The van der Waals surface area contributed by atoms with E-state index < -0.39 is 11.8 Å². The topological polar surface area (TPSA) is 70.2 Å². The van der Waals surface area contributed by atoms with Gasteiger partial charge in [-0.15, -0.1) is 0 Å². The van der Waals surface area contributed by atoms with Crippen molar-refractivity contribution in [1.29, 1.82) is 0 Å². The lowest BCUT2D eigenvalue weighted by Crippen LogP contribution is -2.37. The van der Waals surface area contributed by atoms with Gasteiger partial charge in [0.05, 0.1) is 5.69 Å². The van der Waals surface area contributed by atoms with Crippen molar-refractivity contribution in [1.82, 2.24) is 10.6 Å². The summed E-state index contributed by atoms with van der Waals surface area (Å²) in [6.07, 6.45) is 1.90. The van der Waals surface area contributed by atoms with E-state index in [0.29, 0.717) is 13.1 Å². The highest BCUT2D eigenvalue weighted by Crippen LogP contribution is 2.28. The van der Waals surface area contributed by atoms with Crippen LogP contribution < -0.4 is 16.0 Å². The summed E-state index contributed by atoms with van der Waals surface area (Å²) in [6.45, 7) is 0.679. The molecule has 0 aromatic heterocycles. The van der Waals surface area contributed by atoms with Gasteiger partial charge in [0.2, 0.25) is 5.91 Å². The van der Waals surface area contributed by atoms with Crippen molar-refractivity contribution < 1.29 is 14.0 Å². The fraction of sp³-hybridized carbons (Fsp3) is 0.385. The molecule has 5 nitrogen and oxygen atoms in total. The van der Waals surface area contributed by atoms with Crippen LogP contribution in [0.3, 0.4) is 0 Å². The first-order chi connectivity index (χ1) is 9.16. The standard InChI is InChI=1S/C13H16FN3O2/c14-10-3-1-2-4-11(10)17-13(19)16-8-7-15-12(18)9-5-6-9/h1-4,9H,5-8H2,(H,15,18)(H2,16,17,19). The summed E-state index contributed by atoms with van der Waals surface area (Å²) in [7, 11) is 0. The van der Waals surface area contributed by atoms with Gasteiger partial charge in [-0.05, 0) is 25.0 Å². The molecule has 102 valence electrons. The first-order valence-corrected chi connectivity index (χ1v) is 6.24. The van der Waals surface area contributed by atoms with Crippen molar-refractivity contribution in [2.24, 2.45) is 5.92 Å². The van der Waals surface area contributed by atoms with E-state index in [4.69, 9.17) is 0 Å². The van der Waals surface area contributed by atoms with Crippen molar-refractivity contribution in [3.8, 4) is 0 Å². The number of urea groups is 1. The van der Waals surface area contributed by atoms with Gasteiger partial charge < -0.3 is 16.0 Å². The summed E-state index contributed by atoms with van der Waals surface area (Å²) in [5.74, 6) is -0.289. The largest absolute Gasteiger partial charge is 0.354 e. The van der Waals surface area contributed by atoms with Gasteiger partial charge in [-0.3, -0.25) is 4.79 Å². The lowest BCUT2D eigenvalue weighted by molar-refractivity contribution is -0.122. The average Bonchev–Trinajstić information content (AvgIpc) is 3.21. The molecular weight excluding hydrogens is 249 g/mol. The summed E-state index contributed by atoms with van der Waals surface area (Å²) in [5, 5.41) is 7.66. The zero-order valence-electron chi connectivity index (χ0n) is 10.4. The monoisotopic (exact) mass is 265 g/mol. The molecule has 0 spiro atoms. The van der Waals surface area contributed by atoms with E-state index in [-0.39, 0.29) is 17.5 Å². The third-order valence-electron chi connectivity index (χ3n) is 2.78. The Kier molecular flexibility index (Phi) is 4.33. The van der Waals surface area contributed by atoms with E-state index in [1.165, 1.54) is 12.1 Å². The first-order valence-electron chi connectivity index (χ1n) is 6.24. The number of rotatable bonds is 5. The van der Waals surface area contributed by atoms with Crippen LogP contribution in [-0.2, 0) is 4.79 Å². The summed E-state index contributed by atoms with van der Waals surface area (Å²) in [4.78, 5) is 22.8. The Morgan fingerprint density at radius 2 is 1.84 bits per heavy atom. The third-order valence-corrected chi connectivity index (χ3v) is 2.78. The van der Waals surface area contributed by atoms with Crippen LogP contribution in [0, 0.1) is 11.7 Å². The van der Waals surface area contributed by atoms with Gasteiger partial charge in [-0.1, -0.05) is 12.1 Å². The smallest absolute Gasteiger partial charge is 0.319 e. The van der Waals surface area contributed by atoms with Crippen LogP contribution in [0.25, 0.3) is 0 Å².